The first-order valence-corrected chi connectivity index (χ1v) is 21.0. The van der Waals surface area contributed by atoms with Crippen molar-refractivity contribution in [3.05, 3.63) is 235 Å². The zero-order valence-corrected chi connectivity index (χ0v) is 32.9. The van der Waals surface area contributed by atoms with E-state index in [1.807, 2.05) is 0 Å². The van der Waals surface area contributed by atoms with Crippen molar-refractivity contribution in [2.24, 2.45) is 0 Å². The summed E-state index contributed by atoms with van der Waals surface area (Å²) in [5.74, 6) is 0. The molecule has 2 nitrogen and oxygen atoms in total. The van der Waals surface area contributed by atoms with Crippen molar-refractivity contribution in [3.63, 3.8) is 0 Å². The van der Waals surface area contributed by atoms with Gasteiger partial charge < -0.3 is 10.2 Å². The van der Waals surface area contributed by atoms with E-state index < -0.39 is 5.41 Å². The maximum atomic E-state index is 3.92. The van der Waals surface area contributed by atoms with Crippen molar-refractivity contribution >= 4 is 68.2 Å². The molecule has 0 amide bonds. The molecule has 60 heavy (non-hydrogen) atoms. The zero-order chi connectivity index (χ0) is 39.4. The molecule has 0 atom stereocenters. The van der Waals surface area contributed by atoms with Crippen LogP contribution in [0.2, 0.25) is 0 Å². The van der Waals surface area contributed by atoms with Crippen LogP contribution in [-0.4, -0.2) is 7.28 Å². The van der Waals surface area contributed by atoms with Crippen LogP contribution in [-0.2, 0) is 5.41 Å². The van der Waals surface area contributed by atoms with Crippen LogP contribution in [0.5, 0.6) is 0 Å². The molecule has 278 valence electrons. The van der Waals surface area contributed by atoms with Gasteiger partial charge >= 0.3 is 0 Å². The quantitative estimate of drug-likeness (QED) is 0.180. The van der Waals surface area contributed by atoms with Crippen molar-refractivity contribution in [1.82, 2.24) is 0 Å². The molecule has 13 rings (SSSR count). The van der Waals surface area contributed by atoms with E-state index in [-0.39, 0.29) is 0 Å². The summed E-state index contributed by atoms with van der Waals surface area (Å²) in [6, 6.07) is 78.8. The molecule has 0 bridgehead atoms. The van der Waals surface area contributed by atoms with Gasteiger partial charge in [0.05, 0.1) is 11.1 Å². The van der Waals surface area contributed by atoms with Crippen molar-refractivity contribution < 1.29 is 0 Å². The highest BCUT2D eigenvalue weighted by Crippen LogP contribution is 2.63. The Hall–Kier alpha value is -7.62. The monoisotopic (exact) mass is 760 g/mol. The van der Waals surface area contributed by atoms with Crippen LogP contribution in [0.1, 0.15) is 22.3 Å². The number of fused-ring (bicyclic) bond motifs is 14. The Morgan fingerprint density at radius 2 is 1.03 bits per heavy atom. The van der Waals surface area contributed by atoms with Crippen LogP contribution in [0.15, 0.2) is 212 Å². The molecule has 3 heteroatoms. The van der Waals surface area contributed by atoms with Crippen LogP contribution >= 0.6 is 0 Å². The van der Waals surface area contributed by atoms with Crippen molar-refractivity contribution in [1.29, 1.82) is 0 Å². The Bertz CT molecular complexity index is 3340. The van der Waals surface area contributed by atoms with Gasteiger partial charge in [-0.25, -0.2) is 0 Å². The van der Waals surface area contributed by atoms with Gasteiger partial charge in [0.15, 0.2) is 7.28 Å². The minimum Gasteiger partial charge on any atom is -0.355 e. The van der Waals surface area contributed by atoms with E-state index in [1.165, 1.54) is 105 Å². The summed E-state index contributed by atoms with van der Waals surface area (Å²) in [5.41, 5.74) is 21.2. The van der Waals surface area contributed by atoms with E-state index in [4.69, 9.17) is 0 Å². The molecular weight excluding hydrogens is 723 g/mol. The number of benzene rings is 10. The minimum absolute atomic E-state index is 0.445. The third-order valence-corrected chi connectivity index (χ3v) is 13.4. The lowest BCUT2D eigenvalue weighted by atomic mass is 9.54. The molecule has 0 aromatic heterocycles. The summed E-state index contributed by atoms with van der Waals surface area (Å²) >= 11 is 0. The molecule has 0 saturated heterocycles. The number of hydrogen-bond acceptors (Lipinski definition) is 2. The van der Waals surface area contributed by atoms with E-state index in [0.717, 1.165) is 18.7 Å². The Balaban J connectivity index is 1.07. The molecule has 0 saturated carbocycles. The van der Waals surface area contributed by atoms with Gasteiger partial charge in [-0.3, -0.25) is 0 Å². The summed E-state index contributed by atoms with van der Waals surface area (Å²) < 4.78 is 0. The number of para-hydroxylation sites is 2. The van der Waals surface area contributed by atoms with Crippen molar-refractivity contribution in [3.8, 4) is 33.4 Å². The molecule has 10 aromatic rings. The highest BCUT2D eigenvalue weighted by atomic mass is 15.2. The maximum absolute atomic E-state index is 3.92. The summed E-state index contributed by atoms with van der Waals surface area (Å²) in [7, 11) is 0.811. The molecule has 10 aromatic carbocycles. The van der Waals surface area contributed by atoms with Gasteiger partial charge in [0, 0.05) is 33.7 Å². The normalized spacial score (nSPS) is 13.6. The lowest BCUT2D eigenvalue weighted by molar-refractivity contribution is 0.754. The first-order chi connectivity index (χ1) is 29.8. The molecule has 0 fully saturated rings. The Morgan fingerprint density at radius 1 is 0.417 bits per heavy atom. The first kappa shape index (κ1) is 33.4. The Morgan fingerprint density at radius 3 is 1.82 bits per heavy atom. The largest absolute Gasteiger partial charge is 0.355 e. The standard InChI is InChI=1S/C57H37BN2/c1-2-15-36(16-3-1)37-29-32-40(33-30-37)59-51-34-31-38-17-4-6-19-41(38)53(51)45-35-39-18-5-7-20-42(39)55-54(45)58-50-27-14-26-49-56(50)60(55)52-28-13-12-25-48(52)57(49)46-23-10-8-21-43(46)44-22-9-11-24-47(44)57/h1-35,58-59H. The summed E-state index contributed by atoms with van der Waals surface area (Å²) in [4.78, 5) is 2.64. The molecule has 1 spiro atoms. The second-order valence-corrected chi connectivity index (χ2v) is 16.4. The molecule has 3 aliphatic rings. The zero-order valence-electron chi connectivity index (χ0n) is 32.9. The first-order valence-electron chi connectivity index (χ1n) is 21.0. The maximum Gasteiger partial charge on any atom is 0.198 e. The highest BCUT2D eigenvalue weighted by molar-refractivity contribution is 6.74. The molecule has 1 aliphatic carbocycles. The minimum atomic E-state index is -0.445. The van der Waals surface area contributed by atoms with Crippen molar-refractivity contribution in [2.75, 3.05) is 10.2 Å². The second kappa shape index (κ2) is 12.7. The SMILES string of the molecule is B1c2cccc3c2N(c2ccccc2C32c3ccccc3-c3ccccc32)c2c1c(-c1c(Nc3ccc(-c4ccccc4)cc3)ccc3ccccc13)cc1ccccc21. The van der Waals surface area contributed by atoms with E-state index in [1.54, 1.807) is 0 Å². The number of hydrogen-bond donors (Lipinski definition) is 1. The lowest BCUT2D eigenvalue weighted by Gasteiger charge is -2.48. The molecule has 0 unspecified atom stereocenters. The van der Waals surface area contributed by atoms with E-state index in [9.17, 15) is 0 Å². The summed E-state index contributed by atoms with van der Waals surface area (Å²) in [6.45, 7) is 0. The van der Waals surface area contributed by atoms with Crippen LogP contribution in [0.3, 0.4) is 0 Å². The number of anilines is 5. The van der Waals surface area contributed by atoms with Gasteiger partial charge in [0.2, 0.25) is 0 Å². The second-order valence-electron chi connectivity index (χ2n) is 16.4. The number of rotatable bonds is 4. The van der Waals surface area contributed by atoms with Gasteiger partial charge in [-0.2, -0.15) is 0 Å². The Labute approximate surface area is 350 Å². The molecular formula is C57H37BN2. The van der Waals surface area contributed by atoms with Gasteiger partial charge in [0.25, 0.3) is 0 Å². The van der Waals surface area contributed by atoms with E-state index in [2.05, 4.69) is 223 Å². The number of nitrogens with zero attached hydrogens (tertiary/aromatic N) is 1. The fourth-order valence-electron chi connectivity index (χ4n) is 11.0. The summed E-state index contributed by atoms with van der Waals surface area (Å²) in [5, 5.41) is 8.87. The van der Waals surface area contributed by atoms with Gasteiger partial charge in [-0.1, -0.05) is 187 Å². The molecule has 2 heterocycles. The third kappa shape index (κ3) is 4.55. The van der Waals surface area contributed by atoms with Gasteiger partial charge in [-0.05, 0) is 102 Å². The average Bonchev–Trinajstić information content (AvgIpc) is 3.61. The highest BCUT2D eigenvalue weighted by Gasteiger charge is 2.53. The number of nitrogens with one attached hydrogen (secondary N) is 1. The van der Waals surface area contributed by atoms with Gasteiger partial charge in [0.1, 0.15) is 0 Å². The predicted octanol–water partition coefficient (Wildman–Crippen LogP) is 12.9. The van der Waals surface area contributed by atoms with Crippen LogP contribution in [0.4, 0.5) is 28.4 Å². The lowest BCUT2D eigenvalue weighted by Crippen LogP contribution is -2.47. The van der Waals surface area contributed by atoms with Gasteiger partial charge in [-0.15, -0.1) is 0 Å². The fraction of sp³-hybridized carbons (Fsp3) is 0.0175. The molecule has 2 aliphatic heterocycles. The van der Waals surface area contributed by atoms with Crippen LogP contribution in [0, 0.1) is 0 Å². The average molecular weight is 761 g/mol. The fourth-order valence-corrected chi connectivity index (χ4v) is 11.0. The summed E-state index contributed by atoms with van der Waals surface area (Å²) in [6.07, 6.45) is 0. The molecule has 1 N–H and O–H groups in total. The van der Waals surface area contributed by atoms with Crippen LogP contribution in [0.25, 0.3) is 54.9 Å². The van der Waals surface area contributed by atoms with E-state index in [0.29, 0.717) is 0 Å². The van der Waals surface area contributed by atoms with Crippen LogP contribution < -0.4 is 21.1 Å². The molecule has 0 radical (unpaired) electrons. The smallest absolute Gasteiger partial charge is 0.198 e. The van der Waals surface area contributed by atoms with E-state index >= 15 is 0 Å². The predicted molar refractivity (Wildman–Crippen MR) is 254 cm³/mol. The third-order valence-electron chi connectivity index (χ3n) is 13.4. The Kier molecular flexibility index (Phi) is 7.06. The van der Waals surface area contributed by atoms with Crippen molar-refractivity contribution in [2.45, 2.75) is 5.41 Å². The topological polar surface area (TPSA) is 15.3 Å².